The van der Waals surface area contributed by atoms with E-state index in [0.717, 1.165) is 31.5 Å². The number of nitrogens with one attached hydrogen (secondary N) is 1. The third-order valence-corrected chi connectivity index (χ3v) is 3.98. The fourth-order valence-corrected chi connectivity index (χ4v) is 2.53. The van der Waals surface area contributed by atoms with E-state index in [1.807, 2.05) is 18.2 Å². The number of rotatable bonds is 8. The smallest absolute Gasteiger partial charge is 0.330 e. The van der Waals surface area contributed by atoms with Crippen molar-refractivity contribution in [2.45, 2.75) is 37.7 Å². The molecule has 1 unspecified atom stereocenters. The topological polar surface area (TPSA) is 30.5 Å². The zero-order chi connectivity index (χ0) is 16.7. The normalized spacial score (nSPS) is 23.3. The molecule has 0 amide bonds. The molecule has 2 rings (SSSR count). The van der Waals surface area contributed by atoms with Crippen LogP contribution in [0.15, 0.2) is 23.8 Å². The van der Waals surface area contributed by atoms with E-state index >= 15 is 0 Å². The first-order valence-electron chi connectivity index (χ1n) is 7.90. The molecule has 1 aliphatic heterocycles. The lowest BCUT2D eigenvalue weighted by Gasteiger charge is -2.24. The number of hydrogen-bond acceptors (Lipinski definition) is 3. The lowest BCUT2D eigenvalue weighted by atomic mass is 9.98. The van der Waals surface area contributed by atoms with Crippen LogP contribution >= 0.6 is 0 Å². The highest BCUT2D eigenvalue weighted by molar-refractivity contribution is 5.24. The lowest BCUT2D eigenvalue weighted by molar-refractivity contribution is -0.167. The zero-order valence-corrected chi connectivity index (χ0v) is 12.9. The summed E-state index contributed by atoms with van der Waals surface area (Å²) in [5.74, 6) is -4.15. The van der Waals surface area contributed by atoms with Gasteiger partial charge in [0.1, 0.15) is 6.61 Å². The molecule has 0 saturated carbocycles. The van der Waals surface area contributed by atoms with Gasteiger partial charge in [-0.25, -0.2) is 8.78 Å². The highest BCUT2D eigenvalue weighted by Gasteiger charge is 2.41. The minimum absolute atomic E-state index is 0.0116. The second kappa shape index (κ2) is 8.80. The van der Waals surface area contributed by atoms with Gasteiger partial charge in [0.2, 0.25) is 0 Å². The van der Waals surface area contributed by atoms with E-state index in [-0.39, 0.29) is 18.6 Å². The van der Waals surface area contributed by atoms with Crippen molar-refractivity contribution in [3.63, 3.8) is 0 Å². The largest absolute Gasteiger partial charge is 0.374 e. The van der Waals surface area contributed by atoms with Gasteiger partial charge in [0.15, 0.2) is 0 Å². The monoisotopic (exact) mass is 337 g/mol. The first-order chi connectivity index (χ1) is 11.0. The summed E-state index contributed by atoms with van der Waals surface area (Å²) < 4.78 is 60.0. The van der Waals surface area contributed by atoms with Crippen LogP contribution in [0, 0.1) is 5.92 Å². The zero-order valence-electron chi connectivity index (χ0n) is 12.9. The summed E-state index contributed by atoms with van der Waals surface area (Å²) in [6.45, 7) is 1.25. The van der Waals surface area contributed by atoms with E-state index < -0.39 is 19.0 Å². The highest BCUT2D eigenvalue weighted by Crippen LogP contribution is 2.24. The average Bonchev–Trinajstić information content (AvgIpc) is 2.55. The Balaban J connectivity index is 1.63. The molecule has 1 fully saturated rings. The van der Waals surface area contributed by atoms with E-state index in [1.54, 1.807) is 0 Å². The predicted molar refractivity (Wildman–Crippen MR) is 78.9 cm³/mol. The molecule has 23 heavy (non-hydrogen) atoms. The Morgan fingerprint density at radius 2 is 2.00 bits per heavy atom. The second-order valence-electron chi connectivity index (χ2n) is 5.97. The first-order valence-corrected chi connectivity index (χ1v) is 7.90. The molecule has 7 heteroatoms. The van der Waals surface area contributed by atoms with Gasteiger partial charge in [0.25, 0.3) is 0 Å². The Hall–Kier alpha value is -0.920. The standard InChI is InChI=1S/C16H23F4NO2/c17-15(18)16(19,20)11-22-9-12-1-3-13(4-2-12)10-23-14-5-7-21-8-6-14/h1,3-4,12,14-15,21H,2,5-11H2. The molecule has 1 aliphatic carbocycles. The van der Waals surface area contributed by atoms with Crippen molar-refractivity contribution in [3.05, 3.63) is 23.8 Å². The molecule has 1 saturated heterocycles. The molecule has 1 N–H and O–H groups in total. The molecular weight excluding hydrogens is 314 g/mol. The number of halogens is 4. The molecule has 1 heterocycles. The van der Waals surface area contributed by atoms with Crippen molar-refractivity contribution in [3.8, 4) is 0 Å². The number of ether oxygens (including phenoxy) is 2. The molecule has 0 spiro atoms. The molecule has 0 aromatic carbocycles. The Morgan fingerprint density at radius 3 is 2.61 bits per heavy atom. The van der Waals surface area contributed by atoms with Crippen molar-refractivity contribution >= 4 is 0 Å². The number of allylic oxidation sites excluding steroid dienone is 1. The SMILES string of the molecule is FC(F)C(F)(F)COCC1C=CC(COC2CCNCC2)=CC1. The number of piperidine rings is 1. The van der Waals surface area contributed by atoms with Gasteiger partial charge in [0.05, 0.1) is 19.3 Å². The van der Waals surface area contributed by atoms with Crippen molar-refractivity contribution in [2.75, 3.05) is 32.9 Å². The quantitative estimate of drug-likeness (QED) is 0.690. The van der Waals surface area contributed by atoms with Crippen LogP contribution in [0.25, 0.3) is 0 Å². The third-order valence-electron chi connectivity index (χ3n) is 3.98. The van der Waals surface area contributed by atoms with Gasteiger partial charge in [-0.1, -0.05) is 18.2 Å². The van der Waals surface area contributed by atoms with Crippen molar-refractivity contribution in [1.29, 1.82) is 0 Å². The van der Waals surface area contributed by atoms with Crippen LogP contribution in [0.2, 0.25) is 0 Å². The summed E-state index contributed by atoms with van der Waals surface area (Å²) in [5.41, 5.74) is 1.05. The van der Waals surface area contributed by atoms with Gasteiger partial charge < -0.3 is 14.8 Å². The minimum Gasteiger partial charge on any atom is -0.374 e. The molecule has 0 bridgehead atoms. The van der Waals surface area contributed by atoms with Gasteiger partial charge in [-0.3, -0.25) is 0 Å². The van der Waals surface area contributed by atoms with E-state index in [1.165, 1.54) is 0 Å². The maximum atomic E-state index is 12.7. The van der Waals surface area contributed by atoms with E-state index in [0.29, 0.717) is 13.0 Å². The van der Waals surface area contributed by atoms with E-state index in [4.69, 9.17) is 9.47 Å². The van der Waals surface area contributed by atoms with Gasteiger partial charge >= 0.3 is 12.3 Å². The number of alkyl halides is 4. The van der Waals surface area contributed by atoms with Crippen LogP contribution in [0.1, 0.15) is 19.3 Å². The molecule has 2 aliphatic rings. The van der Waals surface area contributed by atoms with Crippen LogP contribution in [0.3, 0.4) is 0 Å². The maximum Gasteiger partial charge on any atom is 0.330 e. The second-order valence-corrected chi connectivity index (χ2v) is 5.97. The van der Waals surface area contributed by atoms with Crippen molar-refractivity contribution in [2.24, 2.45) is 5.92 Å². The fraction of sp³-hybridized carbons (Fsp3) is 0.750. The summed E-state index contributed by atoms with van der Waals surface area (Å²) in [4.78, 5) is 0. The third kappa shape index (κ3) is 6.24. The molecule has 0 aromatic rings. The Labute approximate surface area is 133 Å². The molecular formula is C16H23F4NO2. The van der Waals surface area contributed by atoms with Crippen molar-refractivity contribution in [1.82, 2.24) is 5.32 Å². The summed E-state index contributed by atoms with van der Waals surface area (Å²) in [6.07, 6.45) is 4.98. The highest BCUT2D eigenvalue weighted by atomic mass is 19.3. The predicted octanol–water partition coefficient (Wildman–Crippen LogP) is 3.17. The molecule has 1 atom stereocenters. The van der Waals surface area contributed by atoms with Crippen LogP contribution in [-0.4, -0.2) is 51.4 Å². The Morgan fingerprint density at radius 1 is 1.26 bits per heavy atom. The maximum absolute atomic E-state index is 12.7. The van der Waals surface area contributed by atoms with E-state index in [9.17, 15) is 17.6 Å². The van der Waals surface area contributed by atoms with Gasteiger partial charge in [-0.05, 0) is 37.9 Å². The molecule has 3 nitrogen and oxygen atoms in total. The van der Waals surface area contributed by atoms with Crippen molar-refractivity contribution < 1.29 is 27.0 Å². The van der Waals surface area contributed by atoms with Crippen LogP contribution in [0.5, 0.6) is 0 Å². The average molecular weight is 337 g/mol. The van der Waals surface area contributed by atoms with Gasteiger partial charge in [0, 0.05) is 5.92 Å². The van der Waals surface area contributed by atoms with E-state index in [2.05, 4.69) is 5.32 Å². The Kier molecular flexibility index (Phi) is 7.05. The molecule has 0 aromatic heterocycles. The molecule has 132 valence electrons. The summed E-state index contributed by atoms with van der Waals surface area (Å²) in [6, 6.07) is 0. The minimum atomic E-state index is -4.08. The molecule has 0 radical (unpaired) electrons. The van der Waals surface area contributed by atoms with Crippen LogP contribution < -0.4 is 5.32 Å². The lowest BCUT2D eigenvalue weighted by Crippen LogP contribution is -2.33. The number of hydrogen-bond donors (Lipinski definition) is 1. The van der Waals surface area contributed by atoms with Gasteiger partial charge in [-0.15, -0.1) is 0 Å². The summed E-state index contributed by atoms with van der Waals surface area (Å²) in [7, 11) is 0. The summed E-state index contributed by atoms with van der Waals surface area (Å²) >= 11 is 0. The van der Waals surface area contributed by atoms with Crippen LogP contribution in [0.4, 0.5) is 17.6 Å². The fourth-order valence-electron chi connectivity index (χ4n) is 2.53. The first kappa shape index (κ1) is 18.4. The Bertz CT molecular complexity index is 420. The van der Waals surface area contributed by atoms with Gasteiger partial charge in [-0.2, -0.15) is 8.78 Å². The summed E-state index contributed by atoms with van der Waals surface area (Å²) in [5, 5.41) is 3.27. The van der Waals surface area contributed by atoms with Crippen LogP contribution in [-0.2, 0) is 9.47 Å².